The fourth-order valence-corrected chi connectivity index (χ4v) is 2.07. The highest BCUT2D eigenvalue weighted by Gasteiger charge is 2.52. The molecule has 0 bridgehead atoms. The van der Waals surface area contributed by atoms with Crippen LogP contribution in [0, 0.1) is 5.92 Å². The Bertz CT molecular complexity index is 322. The number of esters is 1. The smallest absolute Gasteiger partial charge is 0.366 e. The Hall–Kier alpha value is -0.770. The fourth-order valence-electron chi connectivity index (χ4n) is 2.07. The number of methoxy groups -OCH3 is 1. The lowest BCUT2D eigenvalue weighted by atomic mass is 9.85. The molecule has 0 amide bonds. The molecule has 1 saturated heterocycles. The molecule has 8 heteroatoms. The van der Waals surface area contributed by atoms with Crippen molar-refractivity contribution in [2.75, 3.05) is 13.7 Å². The SMILES string of the molecule is COC(=O)C1(O)CC(O)C(C)C(C(O)C(O)CO)O1. The average molecular weight is 280 g/mol. The monoisotopic (exact) mass is 280 g/mol. The van der Waals surface area contributed by atoms with Crippen molar-refractivity contribution >= 4 is 5.97 Å². The van der Waals surface area contributed by atoms with Gasteiger partial charge in [-0.3, -0.25) is 0 Å². The zero-order valence-electron chi connectivity index (χ0n) is 10.8. The van der Waals surface area contributed by atoms with E-state index in [1.54, 1.807) is 0 Å². The van der Waals surface area contributed by atoms with Crippen LogP contribution >= 0.6 is 0 Å². The van der Waals surface area contributed by atoms with Crippen molar-refractivity contribution in [2.45, 2.75) is 43.5 Å². The molecule has 1 aliphatic heterocycles. The number of hydrogen-bond donors (Lipinski definition) is 5. The van der Waals surface area contributed by atoms with Crippen molar-refractivity contribution in [1.82, 2.24) is 0 Å². The van der Waals surface area contributed by atoms with Crippen LogP contribution in [0.25, 0.3) is 0 Å². The first kappa shape index (κ1) is 16.3. The molecule has 0 aromatic heterocycles. The van der Waals surface area contributed by atoms with E-state index in [2.05, 4.69) is 4.74 Å². The van der Waals surface area contributed by atoms with Crippen molar-refractivity contribution in [1.29, 1.82) is 0 Å². The van der Waals surface area contributed by atoms with Gasteiger partial charge in [0.25, 0.3) is 5.79 Å². The quantitative estimate of drug-likeness (QED) is 0.352. The van der Waals surface area contributed by atoms with Crippen molar-refractivity contribution < 1.29 is 39.8 Å². The van der Waals surface area contributed by atoms with Gasteiger partial charge in [0.05, 0.1) is 25.9 Å². The van der Waals surface area contributed by atoms with Crippen molar-refractivity contribution in [3.05, 3.63) is 0 Å². The Balaban J connectivity index is 2.94. The van der Waals surface area contributed by atoms with E-state index in [4.69, 9.17) is 9.84 Å². The topological polar surface area (TPSA) is 137 Å². The minimum absolute atomic E-state index is 0.403. The van der Waals surface area contributed by atoms with Gasteiger partial charge in [0.1, 0.15) is 12.2 Å². The van der Waals surface area contributed by atoms with Crippen molar-refractivity contribution in [2.24, 2.45) is 5.92 Å². The zero-order chi connectivity index (χ0) is 14.8. The van der Waals surface area contributed by atoms with Crippen LogP contribution in [-0.2, 0) is 14.3 Å². The standard InChI is InChI=1S/C11H20O8/c1-5-6(13)3-11(17,10(16)18-2)19-9(5)8(15)7(14)4-12/h5-9,12-15,17H,3-4H2,1-2H3. The van der Waals surface area contributed by atoms with Crippen molar-refractivity contribution in [3.63, 3.8) is 0 Å². The van der Waals surface area contributed by atoms with E-state index < -0.39 is 55.1 Å². The van der Waals surface area contributed by atoms with Crippen LogP contribution in [0.1, 0.15) is 13.3 Å². The molecule has 0 saturated carbocycles. The highest BCUT2D eigenvalue weighted by atomic mass is 16.7. The third-order valence-corrected chi connectivity index (χ3v) is 3.36. The summed E-state index contributed by atoms with van der Waals surface area (Å²) in [5, 5.41) is 47.8. The highest BCUT2D eigenvalue weighted by Crippen LogP contribution is 2.34. The Morgan fingerprint density at radius 1 is 1.53 bits per heavy atom. The molecule has 0 aliphatic carbocycles. The molecule has 5 N–H and O–H groups in total. The molecular formula is C11H20O8. The fraction of sp³-hybridized carbons (Fsp3) is 0.909. The van der Waals surface area contributed by atoms with Gasteiger partial charge < -0.3 is 35.0 Å². The van der Waals surface area contributed by atoms with Gasteiger partial charge in [0.2, 0.25) is 0 Å². The molecule has 6 unspecified atom stereocenters. The van der Waals surface area contributed by atoms with Crippen LogP contribution in [0.15, 0.2) is 0 Å². The molecule has 8 nitrogen and oxygen atoms in total. The summed E-state index contributed by atoms with van der Waals surface area (Å²) in [6.07, 6.45) is -5.84. The summed E-state index contributed by atoms with van der Waals surface area (Å²) in [4.78, 5) is 11.4. The van der Waals surface area contributed by atoms with E-state index in [0.717, 1.165) is 7.11 Å². The lowest BCUT2D eigenvalue weighted by Crippen LogP contribution is -2.60. The Morgan fingerprint density at radius 3 is 2.58 bits per heavy atom. The van der Waals surface area contributed by atoms with Crippen LogP contribution in [0.2, 0.25) is 0 Å². The van der Waals surface area contributed by atoms with E-state index >= 15 is 0 Å². The Kier molecular flexibility index (Phi) is 5.25. The first-order valence-electron chi connectivity index (χ1n) is 5.90. The predicted molar refractivity (Wildman–Crippen MR) is 60.7 cm³/mol. The highest BCUT2D eigenvalue weighted by molar-refractivity contribution is 5.77. The number of aliphatic hydroxyl groups is 5. The lowest BCUT2D eigenvalue weighted by Gasteiger charge is -2.43. The molecule has 6 atom stereocenters. The van der Waals surface area contributed by atoms with Crippen LogP contribution in [0.5, 0.6) is 0 Å². The molecule has 0 aromatic rings. The van der Waals surface area contributed by atoms with Crippen LogP contribution in [0.4, 0.5) is 0 Å². The number of carbonyl (C=O) groups is 1. The largest absolute Gasteiger partial charge is 0.465 e. The van der Waals surface area contributed by atoms with Crippen molar-refractivity contribution in [3.8, 4) is 0 Å². The van der Waals surface area contributed by atoms with Gasteiger partial charge in [-0.25, -0.2) is 4.79 Å². The maximum atomic E-state index is 11.4. The summed E-state index contributed by atoms with van der Waals surface area (Å²) in [5.41, 5.74) is 0. The molecule has 1 aliphatic rings. The Morgan fingerprint density at radius 2 is 2.11 bits per heavy atom. The van der Waals surface area contributed by atoms with Crippen LogP contribution in [-0.4, -0.2) is 75.4 Å². The van der Waals surface area contributed by atoms with Gasteiger partial charge in [-0.2, -0.15) is 0 Å². The summed E-state index contributed by atoms with van der Waals surface area (Å²) >= 11 is 0. The van der Waals surface area contributed by atoms with E-state index in [9.17, 15) is 25.2 Å². The molecule has 19 heavy (non-hydrogen) atoms. The second-order valence-electron chi connectivity index (χ2n) is 4.73. The summed E-state index contributed by atoms with van der Waals surface area (Å²) in [6.45, 7) is 0.806. The zero-order valence-corrected chi connectivity index (χ0v) is 10.8. The molecule has 0 spiro atoms. The van der Waals surface area contributed by atoms with E-state index in [1.807, 2.05) is 0 Å². The number of aliphatic hydroxyl groups excluding tert-OH is 4. The summed E-state index contributed by atoms with van der Waals surface area (Å²) < 4.78 is 9.47. The molecule has 1 heterocycles. The van der Waals surface area contributed by atoms with Gasteiger partial charge in [0.15, 0.2) is 0 Å². The number of ether oxygens (including phenoxy) is 2. The second kappa shape index (κ2) is 6.12. The molecule has 0 radical (unpaired) electrons. The summed E-state index contributed by atoms with van der Waals surface area (Å²) in [6, 6.07) is 0. The van der Waals surface area contributed by atoms with Gasteiger partial charge in [-0.1, -0.05) is 6.92 Å². The number of rotatable bonds is 4. The minimum Gasteiger partial charge on any atom is -0.465 e. The third-order valence-electron chi connectivity index (χ3n) is 3.36. The summed E-state index contributed by atoms with van der Waals surface area (Å²) in [5.74, 6) is -4.14. The van der Waals surface area contributed by atoms with E-state index in [1.165, 1.54) is 6.92 Å². The number of carbonyl (C=O) groups excluding carboxylic acids is 1. The molecule has 112 valence electrons. The van der Waals surface area contributed by atoms with E-state index in [0.29, 0.717) is 0 Å². The first-order chi connectivity index (χ1) is 8.76. The maximum Gasteiger partial charge on any atom is 0.366 e. The van der Waals surface area contributed by atoms with Crippen LogP contribution in [0.3, 0.4) is 0 Å². The first-order valence-corrected chi connectivity index (χ1v) is 5.90. The second-order valence-corrected chi connectivity index (χ2v) is 4.73. The molecular weight excluding hydrogens is 260 g/mol. The van der Waals surface area contributed by atoms with E-state index in [-0.39, 0.29) is 0 Å². The third kappa shape index (κ3) is 3.22. The Labute approximate surface area is 110 Å². The van der Waals surface area contributed by atoms with Gasteiger partial charge in [-0.15, -0.1) is 0 Å². The minimum atomic E-state index is -2.39. The number of hydrogen-bond acceptors (Lipinski definition) is 8. The molecule has 1 fully saturated rings. The summed E-state index contributed by atoms with van der Waals surface area (Å²) in [7, 11) is 1.04. The maximum absolute atomic E-state index is 11.4. The molecule has 0 aromatic carbocycles. The van der Waals surface area contributed by atoms with Gasteiger partial charge in [0, 0.05) is 12.3 Å². The lowest BCUT2D eigenvalue weighted by molar-refractivity contribution is -0.303. The van der Waals surface area contributed by atoms with Crippen LogP contribution < -0.4 is 0 Å². The van der Waals surface area contributed by atoms with Gasteiger partial charge in [-0.05, 0) is 0 Å². The molecule has 1 rings (SSSR count). The predicted octanol–water partition coefficient (Wildman–Crippen LogP) is -2.65. The van der Waals surface area contributed by atoms with Gasteiger partial charge >= 0.3 is 5.97 Å². The average Bonchev–Trinajstić information content (AvgIpc) is 2.40. The normalized spacial score (nSPS) is 38.6.